The molecule has 98 valence electrons. The van der Waals surface area contributed by atoms with E-state index in [1.54, 1.807) is 13.0 Å². The second-order valence-electron chi connectivity index (χ2n) is 3.47. The lowest BCUT2D eigenvalue weighted by Crippen LogP contribution is -2.06. The predicted octanol–water partition coefficient (Wildman–Crippen LogP) is 1.56. The Labute approximate surface area is 109 Å². The summed E-state index contributed by atoms with van der Waals surface area (Å²) < 4.78 is 4.67. The molecule has 1 aromatic carbocycles. The molecule has 2 N–H and O–H groups in total. The van der Waals surface area contributed by atoms with Crippen LogP contribution in [-0.4, -0.2) is 28.8 Å². The van der Waals surface area contributed by atoms with E-state index >= 15 is 0 Å². The van der Waals surface area contributed by atoms with Crippen molar-refractivity contribution in [2.45, 2.75) is 6.92 Å². The van der Waals surface area contributed by atoms with E-state index < -0.39 is 17.7 Å². The molecule has 0 atom stereocenters. The van der Waals surface area contributed by atoms with Gasteiger partial charge in [-0.15, -0.1) is 0 Å². The van der Waals surface area contributed by atoms with Crippen molar-refractivity contribution in [2.75, 3.05) is 6.61 Å². The quantitative estimate of drug-likeness (QED) is 0.483. The van der Waals surface area contributed by atoms with Gasteiger partial charge < -0.3 is 14.9 Å². The third-order valence-corrected chi connectivity index (χ3v) is 2.18. The van der Waals surface area contributed by atoms with E-state index in [2.05, 4.69) is 4.74 Å². The monoisotopic (exact) mass is 261 g/mol. The van der Waals surface area contributed by atoms with Crippen LogP contribution in [0.25, 0.3) is 6.08 Å². The van der Waals surface area contributed by atoms with Crippen LogP contribution < -0.4 is 0 Å². The molecule has 0 unspecified atom stereocenters. The van der Waals surface area contributed by atoms with Gasteiger partial charge in [0.2, 0.25) is 0 Å². The van der Waals surface area contributed by atoms with Crippen LogP contribution >= 0.6 is 0 Å². The third kappa shape index (κ3) is 3.57. The standard InChI is InChI=1S/C13H11NO5/c1-2-19-13(18)9(7-14)5-8-3-4-10(12(16)17)11(15)6-8/h3-6,15H,2H2,1H3,(H,16,17). The van der Waals surface area contributed by atoms with Gasteiger partial charge in [0.25, 0.3) is 0 Å². The Balaban J connectivity index is 3.11. The lowest BCUT2D eigenvalue weighted by atomic mass is 10.1. The van der Waals surface area contributed by atoms with E-state index in [1.807, 2.05) is 0 Å². The molecule has 0 amide bonds. The molecule has 0 aliphatic heterocycles. The molecular weight excluding hydrogens is 250 g/mol. The zero-order chi connectivity index (χ0) is 14.4. The van der Waals surface area contributed by atoms with Gasteiger partial charge in [0, 0.05) is 0 Å². The molecule has 0 spiro atoms. The average molecular weight is 261 g/mol. The Hall–Kier alpha value is -2.81. The van der Waals surface area contributed by atoms with Gasteiger partial charge >= 0.3 is 11.9 Å². The molecule has 1 aromatic rings. The lowest BCUT2D eigenvalue weighted by molar-refractivity contribution is -0.137. The van der Waals surface area contributed by atoms with E-state index in [0.717, 1.165) is 6.07 Å². The van der Waals surface area contributed by atoms with Crippen LogP contribution in [0.3, 0.4) is 0 Å². The lowest BCUT2D eigenvalue weighted by Gasteiger charge is -2.02. The number of aromatic hydroxyl groups is 1. The number of carboxylic acids is 1. The zero-order valence-corrected chi connectivity index (χ0v) is 10.1. The van der Waals surface area contributed by atoms with Crippen LogP contribution in [0, 0.1) is 11.3 Å². The van der Waals surface area contributed by atoms with Crippen LogP contribution in [0.4, 0.5) is 0 Å². The van der Waals surface area contributed by atoms with Gasteiger partial charge in [-0.1, -0.05) is 6.07 Å². The Morgan fingerprint density at radius 2 is 2.16 bits per heavy atom. The van der Waals surface area contributed by atoms with Crippen molar-refractivity contribution in [1.82, 2.24) is 0 Å². The maximum Gasteiger partial charge on any atom is 0.348 e. The number of ether oxygens (including phenoxy) is 1. The van der Waals surface area contributed by atoms with Gasteiger partial charge in [-0.3, -0.25) is 0 Å². The number of aromatic carboxylic acids is 1. The molecule has 0 bridgehead atoms. The molecule has 6 nitrogen and oxygen atoms in total. The topological polar surface area (TPSA) is 108 Å². The van der Waals surface area contributed by atoms with Gasteiger partial charge in [0.05, 0.1) is 6.61 Å². The number of carbonyl (C=O) groups is 2. The molecule has 0 aliphatic carbocycles. The first-order chi connectivity index (χ1) is 8.99. The maximum absolute atomic E-state index is 11.4. The smallest absolute Gasteiger partial charge is 0.348 e. The van der Waals surface area contributed by atoms with Crippen molar-refractivity contribution in [3.05, 3.63) is 34.9 Å². The summed E-state index contributed by atoms with van der Waals surface area (Å²) in [5.74, 6) is -2.48. The molecule has 0 saturated heterocycles. The van der Waals surface area contributed by atoms with Gasteiger partial charge in [-0.25, -0.2) is 9.59 Å². The molecule has 0 heterocycles. The molecular formula is C13H11NO5. The van der Waals surface area contributed by atoms with Gasteiger partial charge in [-0.2, -0.15) is 5.26 Å². The van der Waals surface area contributed by atoms with Crippen LogP contribution in [0.5, 0.6) is 5.75 Å². The zero-order valence-electron chi connectivity index (χ0n) is 10.1. The Morgan fingerprint density at radius 1 is 1.47 bits per heavy atom. The Kier molecular flexibility index (Phi) is 4.66. The number of rotatable bonds is 4. The van der Waals surface area contributed by atoms with Crippen LogP contribution in [0.1, 0.15) is 22.8 Å². The van der Waals surface area contributed by atoms with Crippen molar-refractivity contribution in [2.24, 2.45) is 0 Å². The van der Waals surface area contributed by atoms with E-state index in [0.29, 0.717) is 5.56 Å². The molecule has 0 aliphatic rings. The third-order valence-electron chi connectivity index (χ3n) is 2.18. The maximum atomic E-state index is 11.4. The average Bonchev–Trinajstić information content (AvgIpc) is 2.35. The van der Waals surface area contributed by atoms with E-state index in [1.165, 1.54) is 18.2 Å². The van der Waals surface area contributed by atoms with Crippen molar-refractivity contribution >= 4 is 18.0 Å². The van der Waals surface area contributed by atoms with Gasteiger partial charge in [-0.05, 0) is 30.7 Å². The van der Waals surface area contributed by atoms with Crippen LogP contribution in [0.15, 0.2) is 23.8 Å². The summed E-state index contributed by atoms with van der Waals surface area (Å²) in [6.45, 7) is 1.75. The number of hydrogen-bond donors (Lipinski definition) is 2. The summed E-state index contributed by atoms with van der Waals surface area (Å²) in [6.07, 6.45) is 1.21. The highest BCUT2D eigenvalue weighted by Crippen LogP contribution is 2.20. The normalized spacial score (nSPS) is 10.6. The van der Waals surface area contributed by atoms with Crippen LogP contribution in [-0.2, 0) is 9.53 Å². The second-order valence-corrected chi connectivity index (χ2v) is 3.47. The number of carbonyl (C=O) groups excluding carboxylic acids is 1. The number of esters is 1. The molecule has 6 heteroatoms. The summed E-state index contributed by atoms with van der Waals surface area (Å²) >= 11 is 0. The fourth-order valence-corrected chi connectivity index (χ4v) is 1.33. The largest absolute Gasteiger partial charge is 0.507 e. The molecule has 19 heavy (non-hydrogen) atoms. The highest BCUT2D eigenvalue weighted by molar-refractivity contribution is 5.98. The highest BCUT2D eigenvalue weighted by Gasteiger charge is 2.12. The van der Waals surface area contributed by atoms with E-state index in [4.69, 9.17) is 10.4 Å². The molecule has 0 fully saturated rings. The molecule has 0 aromatic heterocycles. The highest BCUT2D eigenvalue weighted by atomic mass is 16.5. The first-order valence-corrected chi connectivity index (χ1v) is 5.34. The number of phenols is 1. The van der Waals surface area contributed by atoms with Crippen molar-refractivity contribution in [3.63, 3.8) is 0 Å². The van der Waals surface area contributed by atoms with Crippen LogP contribution in [0.2, 0.25) is 0 Å². The summed E-state index contributed by atoms with van der Waals surface area (Å²) in [5, 5.41) is 27.0. The fraction of sp³-hybridized carbons (Fsp3) is 0.154. The Morgan fingerprint density at radius 3 is 2.63 bits per heavy atom. The number of carboxylic acid groups (broad SMARTS) is 1. The van der Waals surface area contributed by atoms with Crippen molar-refractivity contribution in [1.29, 1.82) is 5.26 Å². The number of hydrogen-bond acceptors (Lipinski definition) is 5. The predicted molar refractivity (Wildman–Crippen MR) is 65.3 cm³/mol. The summed E-state index contributed by atoms with van der Waals surface area (Å²) in [6, 6.07) is 5.39. The minimum atomic E-state index is -1.26. The second kappa shape index (κ2) is 6.21. The first-order valence-electron chi connectivity index (χ1n) is 5.34. The molecule has 0 saturated carbocycles. The number of benzene rings is 1. The fourth-order valence-electron chi connectivity index (χ4n) is 1.33. The molecule has 1 rings (SSSR count). The minimum Gasteiger partial charge on any atom is -0.507 e. The molecule has 0 radical (unpaired) electrons. The summed E-state index contributed by atoms with van der Waals surface area (Å²) in [4.78, 5) is 22.1. The summed E-state index contributed by atoms with van der Waals surface area (Å²) in [5.41, 5.74) is -0.164. The van der Waals surface area contributed by atoms with Gasteiger partial charge in [0.15, 0.2) is 0 Å². The SMILES string of the molecule is CCOC(=O)C(C#N)=Cc1ccc(C(=O)O)c(O)c1. The van der Waals surface area contributed by atoms with E-state index in [-0.39, 0.29) is 17.7 Å². The summed E-state index contributed by atoms with van der Waals surface area (Å²) in [7, 11) is 0. The number of nitriles is 1. The first kappa shape index (κ1) is 14.3. The van der Waals surface area contributed by atoms with Crippen molar-refractivity contribution in [3.8, 4) is 11.8 Å². The van der Waals surface area contributed by atoms with Gasteiger partial charge in [0.1, 0.15) is 23.0 Å². The van der Waals surface area contributed by atoms with E-state index in [9.17, 15) is 14.7 Å². The minimum absolute atomic E-state index is 0.140. The Bertz CT molecular complexity index is 583. The number of nitrogens with zero attached hydrogens (tertiary/aromatic N) is 1. The van der Waals surface area contributed by atoms with Crippen molar-refractivity contribution < 1.29 is 24.5 Å².